The monoisotopic (exact) mass is 294 g/mol. The van der Waals surface area contributed by atoms with Gasteiger partial charge >= 0.3 is 5.63 Å². The number of aromatic nitrogens is 2. The highest BCUT2D eigenvalue weighted by Gasteiger charge is 2.15. The zero-order chi connectivity index (χ0) is 15.4. The van der Waals surface area contributed by atoms with E-state index in [2.05, 4.69) is 16.9 Å². The predicted octanol–water partition coefficient (Wildman–Crippen LogP) is 3.03. The van der Waals surface area contributed by atoms with E-state index in [0.717, 1.165) is 25.7 Å². The molecule has 2 aromatic rings. The molecular formula is C15H19FN2O3. The Balaban J connectivity index is 2.46. The fraction of sp³-hybridized carbons (Fsp3) is 0.533. The van der Waals surface area contributed by atoms with Crippen molar-refractivity contribution in [2.45, 2.75) is 52.1 Å². The van der Waals surface area contributed by atoms with Crippen molar-refractivity contribution in [3.63, 3.8) is 0 Å². The first kappa shape index (κ1) is 15.4. The van der Waals surface area contributed by atoms with Crippen molar-refractivity contribution in [2.24, 2.45) is 0 Å². The lowest BCUT2D eigenvalue weighted by molar-refractivity contribution is 0.355. The highest BCUT2D eigenvalue weighted by molar-refractivity contribution is 5.75. The van der Waals surface area contributed by atoms with E-state index in [9.17, 15) is 14.0 Å². The van der Waals surface area contributed by atoms with Crippen molar-refractivity contribution < 1.29 is 8.81 Å². The van der Waals surface area contributed by atoms with Gasteiger partial charge in [-0.1, -0.05) is 26.2 Å². The number of fused-ring (bicyclic) bond motifs is 1. The van der Waals surface area contributed by atoms with Crippen LogP contribution in [0.25, 0.3) is 11.1 Å². The number of aromatic amines is 1. The van der Waals surface area contributed by atoms with Crippen LogP contribution in [-0.4, -0.2) is 9.97 Å². The molecule has 0 radical (unpaired) electrons. The largest absolute Gasteiger partial charge is 0.403 e. The lowest BCUT2D eigenvalue weighted by atomic mass is 10.0. The predicted molar refractivity (Wildman–Crippen MR) is 78.3 cm³/mol. The fourth-order valence-electron chi connectivity index (χ4n) is 2.29. The molecule has 0 fully saturated rings. The fourth-order valence-corrected chi connectivity index (χ4v) is 2.29. The summed E-state index contributed by atoms with van der Waals surface area (Å²) in [4.78, 5) is 30.0. The van der Waals surface area contributed by atoms with Gasteiger partial charge in [0.25, 0.3) is 5.56 Å². The first-order valence-corrected chi connectivity index (χ1v) is 7.24. The number of nitrogens with one attached hydrogen (secondary N) is 1. The van der Waals surface area contributed by atoms with Gasteiger partial charge in [0.15, 0.2) is 6.17 Å². The molecule has 2 heterocycles. The molecule has 0 bridgehead atoms. The molecule has 1 N–H and O–H groups in total. The summed E-state index contributed by atoms with van der Waals surface area (Å²) in [5.74, 6) is -0.126. The van der Waals surface area contributed by atoms with E-state index >= 15 is 0 Å². The Morgan fingerprint density at radius 2 is 2.10 bits per heavy atom. The van der Waals surface area contributed by atoms with Crippen LogP contribution in [-0.2, 0) is 6.42 Å². The van der Waals surface area contributed by atoms with Gasteiger partial charge in [0, 0.05) is 6.07 Å². The molecule has 0 aromatic carbocycles. The summed E-state index contributed by atoms with van der Waals surface area (Å²) in [6.07, 6.45) is 3.31. The molecule has 114 valence electrons. The molecule has 21 heavy (non-hydrogen) atoms. The molecule has 6 heteroatoms. The van der Waals surface area contributed by atoms with Crippen molar-refractivity contribution in [3.8, 4) is 0 Å². The van der Waals surface area contributed by atoms with E-state index in [4.69, 9.17) is 4.42 Å². The molecule has 0 aliphatic heterocycles. The summed E-state index contributed by atoms with van der Waals surface area (Å²) >= 11 is 0. The molecule has 2 rings (SSSR count). The molecule has 0 spiro atoms. The smallest absolute Gasteiger partial charge is 0.337 e. The molecule has 1 atom stereocenters. The SMILES string of the molecule is CCCCCCc1cc(=O)oc2nc(C(C)F)[nH]c(=O)c12. The molecule has 0 saturated carbocycles. The van der Waals surface area contributed by atoms with E-state index < -0.39 is 17.4 Å². The Hall–Kier alpha value is -1.98. The van der Waals surface area contributed by atoms with Crippen LogP contribution < -0.4 is 11.2 Å². The molecular weight excluding hydrogens is 275 g/mol. The number of alkyl halides is 1. The highest BCUT2D eigenvalue weighted by atomic mass is 19.1. The second-order valence-corrected chi connectivity index (χ2v) is 5.15. The zero-order valence-corrected chi connectivity index (χ0v) is 12.2. The van der Waals surface area contributed by atoms with Gasteiger partial charge in [0.2, 0.25) is 5.71 Å². The highest BCUT2D eigenvalue weighted by Crippen LogP contribution is 2.17. The minimum Gasteiger partial charge on any atom is -0.403 e. The summed E-state index contributed by atoms with van der Waals surface area (Å²) in [5, 5.41) is 0.246. The Labute approximate surface area is 121 Å². The summed E-state index contributed by atoms with van der Waals surface area (Å²) < 4.78 is 18.2. The summed E-state index contributed by atoms with van der Waals surface area (Å²) in [7, 11) is 0. The van der Waals surface area contributed by atoms with Crippen molar-refractivity contribution >= 4 is 11.1 Å². The quantitative estimate of drug-likeness (QED) is 0.831. The Morgan fingerprint density at radius 3 is 2.76 bits per heavy atom. The van der Waals surface area contributed by atoms with Crippen molar-refractivity contribution in [1.29, 1.82) is 0 Å². The number of aryl methyl sites for hydroxylation is 1. The van der Waals surface area contributed by atoms with E-state index in [0.29, 0.717) is 12.0 Å². The number of hydrogen-bond donors (Lipinski definition) is 1. The molecule has 5 nitrogen and oxygen atoms in total. The van der Waals surface area contributed by atoms with Gasteiger partial charge in [-0.2, -0.15) is 4.98 Å². The van der Waals surface area contributed by atoms with Gasteiger partial charge in [-0.25, -0.2) is 9.18 Å². The third kappa shape index (κ3) is 3.56. The first-order chi connectivity index (χ1) is 10.0. The van der Waals surface area contributed by atoms with Crippen LogP contribution in [0, 0.1) is 0 Å². The van der Waals surface area contributed by atoms with E-state index in [1.807, 2.05) is 0 Å². The number of halogens is 1. The summed E-state index contributed by atoms with van der Waals surface area (Å²) in [6.45, 7) is 3.37. The van der Waals surface area contributed by atoms with Crippen molar-refractivity contribution in [2.75, 3.05) is 0 Å². The van der Waals surface area contributed by atoms with Crippen LogP contribution in [0.2, 0.25) is 0 Å². The molecule has 1 unspecified atom stereocenters. The van der Waals surface area contributed by atoms with E-state index in [1.54, 1.807) is 0 Å². The van der Waals surface area contributed by atoms with Gasteiger partial charge < -0.3 is 9.40 Å². The average Bonchev–Trinajstić information content (AvgIpc) is 2.42. The minimum absolute atomic E-state index is 0.0868. The molecule has 0 aliphatic carbocycles. The number of rotatable bonds is 6. The second kappa shape index (κ2) is 6.65. The Bertz CT molecular complexity index is 734. The first-order valence-electron chi connectivity index (χ1n) is 7.24. The number of unbranched alkanes of at least 4 members (excludes halogenated alkanes) is 3. The van der Waals surface area contributed by atoms with Gasteiger partial charge in [-0.3, -0.25) is 4.79 Å². The van der Waals surface area contributed by atoms with Gasteiger partial charge in [-0.15, -0.1) is 0 Å². The number of nitrogens with zero attached hydrogens (tertiary/aromatic N) is 1. The van der Waals surface area contributed by atoms with Crippen LogP contribution in [0.1, 0.15) is 57.1 Å². The van der Waals surface area contributed by atoms with Crippen LogP contribution in [0.5, 0.6) is 0 Å². The second-order valence-electron chi connectivity index (χ2n) is 5.15. The maximum absolute atomic E-state index is 13.3. The third-order valence-corrected chi connectivity index (χ3v) is 3.39. The number of hydrogen-bond acceptors (Lipinski definition) is 4. The molecule has 0 amide bonds. The van der Waals surface area contributed by atoms with Gasteiger partial charge in [-0.05, 0) is 25.3 Å². The Kier molecular flexibility index (Phi) is 4.88. The lowest BCUT2D eigenvalue weighted by Crippen LogP contribution is -2.16. The topological polar surface area (TPSA) is 76.0 Å². The van der Waals surface area contributed by atoms with Gasteiger partial charge in [0.05, 0.1) is 0 Å². The lowest BCUT2D eigenvalue weighted by Gasteiger charge is -2.06. The molecule has 0 aliphatic rings. The summed E-state index contributed by atoms with van der Waals surface area (Å²) in [6, 6.07) is 1.32. The van der Waals surface area contributed by atoms with Crippen LogP contribution in [0.15, 0.2) is 20.1 Å². The maximum atomic E-state index is 13.3. The molecule has 0 saturated heterocycles. The van der Waals surface area contributed by atoms with Crippen LogP contribution in [0.3, 0.4) is 0 Å². The third-order valence-electron chi connectivity index (χ3n) is 3.39. The van der Waals surface area contributed by atoms with E-state index in [-0.39, 0.29) is 16.9 Å². The Morgan fingerprint density at radius 1 is 1.33 bits per heavy atom. The zero-order valence-electron chi connectivity index (χ0n) is 12.2. The van der Waals surface area contributed by atoms with E-state index in [1.165, 1.54) is 13.0 Å². The van der Waals surface area contributed by atoms with Crippen LogP contribution in [0.4, 0.5) is 4.39 Å². The minimum atomic E-state index is -1.43. The van der Waals surface area contributed by atoms with Crippen LogP contribution >= 0.6 is 0 Å². The van der Waals surface area contributed by atoms with Gasteiger partial charge in [0.1, 0.15) is 11.2 Å². The standard InChI is InChI=1S/C15H19FN2O3/c1-3-4-5-6-7-10-8-11(19)21-15-12(10)14(20)17-13(18-15)9(2)16/h8-9H,3-7H2,1-2H3,(H,17,18,20). The summed E-state index contributed by atoms with van der Waals surface area (Å²) in [5.41, 5.74) is -0.502. The molecule has 2 aromatic heterocycles. The van der Waals surface area contributed by atoms with Crippen molar-refractivity contribution in [1.82, 2.24) is 9.97 Å². The average molecular weight is 294 g/mol. The maximum Gasteiger partial charge on any atom is 0.337 e. The normalized spacial score (nSPS) is 12.7. The number of H-pyrrole nitrogens is 1. The van der Waals surface area contributed by atoms with Crippen molar-refractivity contribution in [3.05, 3.63) is 38.2 Å².